The van der Waals surface area contributed by atoms with E-state index >= 15 is 4.39 Å². The monoisotopic (exact) mass is 545 g/mol. The molecule has 0 spiro atoms. The molecule has 1 unspecified atom stereocenters. The quantitative estimate of drug-likeness (QED) is 0.496. The van der Waals surface area contributed by atoms with Crippen molar-refractivity contribution in [3.05, 3.63) is 24.0 Å². The van der Waals surface area contributed by atoms with Gasteiger partial charge in [-0.2, -0.15) is 8.78 Å². The van der Waals surface area contributed by atoms with E-state index in [1.807, 2.05) is 15.2 Å². The number of nitrogens with one attached hydrogen (secondary N) is 2. The molecule has 0 radical (unpaired) electrons. The Kier molecular flexibility index (Phi) is 8.89. The zero-order valence-corrected chi connectivity index (χ0v) is 21.2. The van der Waals surface area contributed by atoms with E-state index < -0.39 is 30.3 Å². The molecule has 3 heterocycles. The summed E-state index contributed by atoms with van der Waals surface area (Å²) in [7, 11) is 2.07. The highest BCUT2D eigenvalue weighted by Gasteiger charge is 2.34. The normalized spacial score (nSPS) is 21.7. The van der Waals surface area contributed by atoms with Gasteiger partial charge >= 0.3 is 12.5 Å². The van der Waals surface area contributed by atoms with Crippen LogP contribution in [-0.4, -0.2) is 117 Å². The Morgan fingerprint density at radius 2 is 1.92 bits per heavy atom. The molecule has 0 saturated carbocycles. The van der Waals surface area contributed by atoms with Crippen molar-refractivity contribution in [1.82, 2.24) is 25.7 Å². The first-order valence-corrected chi connectivity index (χ1v) is 12.3. The van der Waals surface area contributed by atoms with Crippen molar-refractivity contribution in [2.45, 2.75) is 12.5 Å². The van der Waals surface area contributed by atoms with Crippen LogP contribution in [0.15, 0.2) is 18.2 Å². The molecule has 11 nitrogen and oxygen atoms in total. The number of rotatable bonds is 6. The predicted octanol–water partition coefficient (Wildman–Crippen LogP) is 0.623. The average Bonchev–Trinajstić information content (AvgIpc) is 3.07. The fraction of sp³-hybridized carbons (Fsp3) is 0.591. The minimum Gasteiger partial charge on any atom is -0.442 e. The number of alkyl halides is 2. The Bertz CT molecular complexity index is 999. The largest absolute Gasteiger partial charge is 0.442 e. The van der Waals surface area contributed by atoms with Gasteiger partial charge in [0.15, 0.2) is 0 Å². The molecule has 204 valence electrons. The second-order valence-corrected chi connectivity index (χ2v) is 9.31. The third kappa shape index (κ3) is 6.91. The third-order valence-corrected chi connectivity index (χ3v) is 6.62. The van der Waals surface area contributed by atoms with Crippen molar-refractivity contribution in [2.75, 3.05) is 82.4 Å². The molecule has 3 fully saturated rings. The number of thiocarbonyl (C=S) groups is 1. The van der Waals surface area contributed by atoms with Crippen LogP contribution in [0.4, 0.5) is 29.3 Å². The number of likely N-dealkylation sites (N-methyl/N-ethyl adjacent to an activating group) is 1. The van der Waals surface area contributed by atoms with Crippen LogP contribution in [-0.2, 0) is 14.4 Å². The van der Waals surface area contributed by atoms with E-state index in [0.29, 0.717) is 37.0 Å². The first kappa shape index (κ1) is 27.2. The number of ether oxygens (including phenoxy) is 1. The molecule has 0 aliphatic carbocycles. The maximum atomic E-state index is 15.1. The highest BCUT2D eigenvalue weighted by atomic mass is 32.1. The number of hydrogen-bond acceptors (Lipinski definition) is 8. The average molecular weight is 546 g/mol. The summed E-state index contributed by atoms with van der Waals surface area (Å²) in [5, 5.41) is 6.12. The number of piperazine rings is 1. The summed E-state index contributed by atoms with van der Waals surface area (Å²) in [6.07, 6.45) is -4.73. The van der Waals surface area contributed by atoms with Crippen LogP contribution in [0, 0.1) is 5.82 Å². The lowest BCUT2D eigenvalue weighted by molar-refractivity contribution is -0.132. The molecule has 0 aromatic heterocycles. The van der Waals surface area contributed by atoms with Gasteiger partial charge in [-0.25, -0.2) is 19.3 Å². The fourth-order valence-electron chi connectivity index (χ4n) is 4.21. The van der Waals surface area contributed by atoms with Gasteiger partial charge < -0.3 is 19.9 Å². The molecule has 3 aliphatic heterocycles. The first-order valence-electron chi connectivity index (χ1n) is 11.9. The van der Waals surface area contributed by atoms with E-state index in [0.717, 1.165) is 26.2 Å². The molecule has 2 amide bonds. The summed E-state index contributed by atoms with van der Waals surface area (Å²) in [6.45, 7) is 4.89. The smallest absolute Gasteiger partial charge is 0.414 e. The summed E-state index contributed by atoms with van der Waals surface area (Å²) in [5.74, 6) is -1.98. The number of hydroxylamine groups is 2. The van der Waals surface area contributed by atoms with E-state index in [1.165, 1.54) is 11.0 Å². The van der Waals surface area contributed by atoms with Crippen LogP contribution < -0.4 is 20.5 Å². The molecule has 1 atom stereocenters. The van der Waals surface area contributed by atoms with E-state index in [4.69, 9.17) is 21.8 Å². The molecule has 2 N–H and O–H groups in total. The van der Waals surface area contributed by atoms with Crippen molar-refractivity contribution in [1.29, 1.82) is 0 Å². The molecule has 37 heavy (non-hydrogen) atoms. The van der Waals surface area contributed by atoms with Crippen LogP contribution in [0.25, 0.3) is 0 Å². The highest BCUT2D eigenvalue weighted by Crippen LogP contribution is 2.28. The van der Waals surface area contributed by atoms with Crippen LogP contribution in [0.5, 0.6) is 0 Å². The first-order chi connectivity index (χ1) is 17.7. The summed E-state index contributed by atoms with van der Waals surface area (Å²) in [6, 6.07) is 4.38. The van der Waals surface area contributed by atoms with Gasteiger partial charge in [0, 0.05) is 39.3 Å². The SMILES string of the molecule is CN1CCN(NC(=S)N2CCN(c3ccc(N4CC(CNC(=O)C(F)F)OC4=O)cc3F)CCO2)CC1. The minimum absolute atomic E-state index is 0.00853. The number of benzene rings is 1. The van der Waals surface area contributed by atoms with Gasteiger partial charge in [0.25, 0.3) is 5.91 Å². The lowest BCUT2D eigenvalue weighted by atomic mass is 10.2. The molecular formula is C22H30F3N7O4S. The Morgan fingerprint density at radius 1 is 1.16 bits per heavy atom. The number of hydrogen-bond donors (Lipinski definition) is 2. The zero-order valence-electron chi connectivity index (χ0n) is 20.4. The number of hydrazine groups is 1. The molecular weight excluding hydrogens is 515 g/mol. The van der Waals surface area contributed by atoms with Crippen molar-refractivity contribution in [3.63, 3.8) is 0 Å². The Balaban J connectivity index is 1.31. The number of halogens is 3. The number of carbonyl (C=O) groups is 2. The van der Waals surface area contributed by atoms with E-state index in [1.54, 1.807) is 17.2 Å². The van der Waals surface area contributed by atoms with E-state index in [2.05, 4.69) is 17.4 Å². The molecule has 15 heteroatoms. The molecule has 1 aromatic rings. The number of anilines is 2. The summed E-state index contributed by atoms with van der Waals surface area (Å²) in [5.41, 5.74) is 3.82. The van der Waals surface area contributed by atoms with Gasteiger partial charge in [-0.1, -0.05) is 0 Å². The fourth-order valence-corrected chi connectivity index (χ4v) is 4.48. The lowest BCUT2D eigenvalue weighted by Gasteiger charge is -2.34. The molecule has 1 aromatic carbocycles. The summed E-state index contributed by atoms with van der Waals surface area (Å²) >= 11 is 5.50. The zero-order chi connectivity index (χ0) is 26.5. The van der Waals surface area contributed by atoms with Crippen molar-refractivity contribution in [3.8, 4) is 0 Å². The lowest BCUT2D eigenvalue weighted by Crippen LogP contribution is -2.55. The van der Waals surface area contributed by atoms with Crippen molar-refractivity contribution in [2.24, 2.45) is 0 Å². The van der Waals surface area contributed by atoms with Crippen LogP contribution in [0.2, 0.25) is 0 Å². The van der Waals surface area contributed by atoms with Crippen LogP contribution >= 0.6 is 12.2 Å². The van der Waals surface area contributed by atoms with Gasteiger partial charge in [0.1, 0.15) is 11.9 Å². The van der Waals surface area contributed by atoms with Crippen LogP contribution in [0.1, 0.15) is 0 Å². The minimum atomic E-state index is -3.16. The standard InChI is InChI=1S/C22H30F3N7O4S/c1-28-4-7-30(8-5-28)27-21(37)32-9-6-29(10-11-35-32)18-3-2-15(12-17(18)23)31-14-16(36-22(31)34)13-26-20(33)19(24)25/h2-3,12,16,19H,4-11,13-14H2,1H3,(H,26,33)(H,27,37). The number of carbonyl (C=O) groups excluding carboxylic acids is 2. The second kappa shape index (κ2) is 12.1. The Morgan fingerprint density at radius 3 is 2.62 bits per heavy atom. The van der Waals surface area contributed by atoms with E-state index in [9.17, 15) is 18.4 Å². The number of nitrogens with zero attached hydrogens (tertiary/aromatic N) is 5. The Labute approximate surface area is 217 Å². The second-order valence-electron chi connectivity index (χ2n) is 8.93. The Hall–Kier alpha value is -2.88. The topological polar surface area (TPSA) is 92.9 Å². The van der Waals surface area contributed by atoms with Gasteiger partial charge in [-0.05, 0) is 37.5 Å². The van der Waals surface area contributed by atoms with E-state index in [-0.39, 0.29) is 18.8 Å². The maximum absolute atomic E-state index is 15.1. The number of cyclic esters (lactones) is 1. The van der Waals surface area contributed by atoms with Crippen molar-refractivity contribution < 1.29 is 32.3 Å². The van der Waals surface area contributed by atoms with Gasteiger partial charge in [-0.15, -0.1) is 0 Å². The molecule has 3 aliphatic rings. The number of amides is 2. The van der Waals surface area contributed by atoms with Crippen LogP contribution in [0.3, 0.4) is 0 Å². The predicted molar refractivity (Wildman–Crippen MR) is 133 cm³/mol. The third-order valence-electron chi connectivity index (χ3n) is 6.32. The summed E-state index contributed by atoms with van der Waals surface area (Å²) < 4.78 is 44.9. The maximum Gasteiger partial charge on any atom is 0.414 e. The van der Waals surface area contributed by atoms with Gasteiger partial charge in [0.2, 0.25) is 5.11 Å². The molecule has 4 rings (SSSR count). The van der Waals surface area contributed by atoms with Crippen molar-refractivity contribution >= 4 is 40.7 Å². The molecule has 0 bridgehead atoms. The molecule has 3 saturated heterocycles. The summed E-state index contributed by atoms with van der Waals surface area (Å²) in [4.78, 5) is 34.3. The van der Waals surface area contributed by atoms with Gasteiger partial charge in [0.05, 0.1) is 37.6 Å². The van der Waals surface area contributed by atoms with Gasteiger partial charge in [-0.3, -0.25) is 20.0 Å². The highest BCUT2D eigenvalue weighted by molar-refractivity contribution is 7.80.